The summed E-state index contributed by atoms with van der Waals surface area (Å²) in [5.74, 6) is 0.591. The number of piperidine rings is 1. The van der Waals surface area contributed by atoms with E-state index < -0.39 is 10.0 Å². The van der Waals surface area contributed by atoms with Crippen molar-refractivity contribution in [1.82, 2.24) is 5.32 Å². The second-order valence-electron chi connectivity index (χ2n) is 5.12. The molecule has 1 unspecified atom stereocenters. The number of nitrogens with two attached hydrogens (primary N) is 1. The standard InChI is InChI=1S/C13H21N3O2S/c1-10-4-5-12(7-13(10)19(14,17)18)16-9-11-3-2-6-15-8-11/h4-5,7,11,15-16H,2-3,6,8-9H2,1H3,(H2,14,17,18). The van der Waals surface area contributed by atoms with E-state index in [1.54, 1.807) is 19.1 Å². The number of primary sulfonamides is 1. The molecule has 1 aromatic carbocycles. The number of anilines is 1. The summed E-state index contributed by atoms with van der Waals surface area (Å²) in [6.45, 7) is 4.70. The van der Waals surface area contributed by atoms with Crippen molar-refractivity contribution >= 4 is 15.7 Å². The normalized spacial score (nSPS) is 20.2. The summed E-state index contributed by atoms with van der Waals surface area (Å²) in [6, 6.07) is 5.28. The lowest BCUT2D eigenvalue weighted by Gasteiger charge is -2.23. The van der Waals surface area contributed by atoms with E-state index in [2.05, 4.69) is 10.6 Å². The lowest BCUT2D eigenvalue weighted by Crippen LogP contribution is -2.33. The van der Waals surface area contributed by atoms with Crippen molar-refractivity contribution in [2.45, 2.75) is 24.7 Å². The first-order valence-corrected chi connectivity index (χ1v) is 8.09. The Hall–Kier alpha value is -1.11. The van der Waals surface area contributed by atoms with Crippen LogP contribution >= 0.6 is 0 Å². The van der Waals surface area contributed by atoms with E-state index in [1.807, 2.05) is 6.07 Å². The molecule has 0 saturated carbocycles. The number of aryl methyl sites for hydroxylation is 1. The van der Waals surface area contributed by atoms with Crippen molar-refractivity contribution < 1.29 is 8.42 Å². The first-order chi connectivity index (χ1) is 8.97. The van der Waals surface area contributed by atoms with E-state index >= 15 is 0 Å². The molecule has 5 nitrogen and oxygen atoms in total. The summed E-state index contributed by atoms with van der Waals surface area (Å²) >= 11 is 0. The van der Waals surface area contributed by atoms with Crippen molar-refractivity contribution in [1.29, 1.82) is 0 Å². The van der Waals surface area contributed by atoms with Crippen molar-refractivity contribution in [3.8, 4) is 0 Å². The van der Waals surface area contributed by atoms with Gasteiger partial charge in [0.2, 0.25) is 10.0 Å². The molecule has 0 spiro atoms. The summed E-state index contributed by atoms with van der Waals surface area (Å²) in [5.41, 5.74) is 1.48. The van der Waals surface area contributed by atoms with Crippen LogP contribution in [0.15, 0.2) is 23.1 Å². The molecule has 6 heteroatoms. The maximum absolute atomic E-state index is 11.5. The minimum atomic E-state index is -3.65. The van der Waals surface area contributed by atoms with E-state index in [-0.39, 0.29) is 4.90 Å². The van der Waals surface area contributed by atoms with Gasteiger partial charge in [-0.05, 0) is 56.5 Å². The van der Waals surface area contributed by atoms with Gasteiger partial charge in [-0.15, -0.1) is 0 Å². The molecule has 1 atom stereocenters. The Morgan fingerprint density at radius 3 is 2.89 bits per heavy atom. The summed E-state index contributed by atoms with van der Waals surface area (Å²) in [7, 11) is -3.65. The Labute approximate surface area is 114 Å². The Bertz CT molecular complexity index is 537. The Morgan fingerprint density at radius 1 is 1.47 bits per heavy atom. The van der Waals surface area contributed by atoms with E-state index in [0.717, 1.165) is 25.3 Å². The summed E-state index contributed by atoms with van der Waals surface area (Å²) in [6.07, 6.45) is 2.40. The van der Waals surface area contributed by atoms with Gasteiger partial charge in [0.25, 0.3) is 0 Å². The van der Waals surface area contributed by atoms with Crippen LogP contribution in [0.4, 0.5) is 5.69 Å². The fourth-order valence-corrected chi connectivity index (χ4v) is 3.19. The second-order valence-corrected chi connectivity index (χ2v) is 6.65. The van der Waals surface area contributed by atoms with Gasteiger partial charge in [0, 0.05) is 12.2 Å². The quantitative estimate of drug-likeness (QED) is 0.771. The van der Waals surface area contributed by atoms with E-state index in [0.29, 0.717) is 11.5 Å². The fraction of sp³-hybridized carbons (Fsp3) is 0.538. The molecule has 0 bridgehead atoms. The average molecular weight is 283 g/mol. The van der Waals surface area contributed by atoms with Gasteiger partial charge < -0.3 is 10.6 Å². The molecular weight excluding hydrogens is 262 g/mol. The molecule has 1 aliphatic rings. The van der Waals surface area contributed by atoms with Crippen molar-refractivity contribution in [2.24, 2.45) is 11.1 Å². The maximum atomic E-state index is 11.5. The van der Waals surface area contributed by atoms with Gasteiger partial charge in [-0.25, -0.2) is 13.6 Å². The number of sulfonamides is 1. The third-order valence-electron chi connectivity index (χ3n) is 3.49. The van der Waals surface area contributed by atoms with Crippen molar-refractivity contribution in [3.63, 3.8) is 0 Å². The van der Waals surface area contributed by atoms with Crippen LogP contribution in [0.25, 0.3) is 0 Å². The SMILES string of the molecule is Cc1ccc(NCC2CCCNC2)cc1S(N)(=O)=O. The third kappa shape index (κ3) is 3.92. The number of hydrogen-bond acceptors (Lipinski definition) is 4. The number of nitrogens with one attached hydrogen (secondary N) is 2. The fourth-order valence-electron chi connectivity index (χ4n) is 2.38. The highest BCUT2D eigenvalue weighted by Gasteiger charge is 2.14. The topological polar surface area (TPSA) is 84.2 Å². The van der Waals surface area contributed by atoms with Gasteiger partial charge in [0.1, 0.15) is 0 Å². The Kier molecular flexibility index (Phi) is 4.44. The van der Waals surface area contributed by atoms with E-state index in [1.165, 1.54) is 12.8 Å². The molecule has 0 amide bonds. The monoisotopic (exact) mass is 283 g/mol. The third-order valence-corrected chi connectivity index (χ3v) is 4.54. The van der Waals surface area contributed by atoms with Gasteiger partial charge in [-0.2, -0.15) is 0 Å². The lowest BCUT2D eigenvalue weighted by molar-refractivity contribution is 0.393. The van der Waals surface area contributed by atoms with E-state index in [9.17, 15) is 8.42 Å². The van der Waals surface area contributed by atoms with Gasteiger partial charge in [0.05, 0.1) is 4.90 Å². The highest BCUT2D eigenvalue weighted by molar-refractivity contribution is 7.89. The minimum Gasteiger partial charge on any atom is -0.385 e. The molecule has 1 heterocycles. The molecule has 0 aliphatic carbocycles. The van der Waals surface area contributed by atoms with Crippen LogP contribution in [0.3, 0.4) is 0 Å². The molecule has 4 N–H and O–H groups in total. The van der Waals surface area contributed by atoms with Crippen LogP contribution in [0.5, 0.6) is 0 Å². The summed E-state index contributed by atoms with van der Waals surface area (Å²) < 4.78 is 22.9. The first kappa shape index (κ1) is 14.3. The molecule has 0 radical (unpaired) electrons. The molecule has 1 aliphatic heterocycles. The maximum Gasteiger partial charge on any atom is 0.238 e. The zero-order valence-corrected chi connectivity index (χ0v) is 12.0. The van der Waals surface area contributed by atoms with Gasteiger partial charge in [-0.3, -0.25) is 0 Å². The predicted molar refractivity (Wildman–Crippen MR) is 76.6 cm³/mol. The Balaban J connectivity index is 2.04. The van der Waals surface area contributed by atoms with Crippen LogP contribution in [0.1, 0.15) is 18.4 Å². The lowest BCUT2D eigenvalue weighted by atomic mass is 10.00. The van der Waals surface area contributed by atoms with Crippen LogP contribution < -0.4 is 15.8 Å². The highest BCUT2D eigenvalue weighted by Crippen LogP contribution is 2.20. The van der Waals surface area contributed by atoms with Gasteiger partial charge in [0.15, 0.2) is 0 Å². The molecule has 1 saturated heterocycles. The first-order valence-electron chi connectivity index (χ1n) is 6.55. The predicted octanol–water partition coefficient (Wildman–Crippen LogP) is 1.05. The number of rotatable bonds is 4. The number of benzene rings is 1. The minimum absolute atomic E-state index is 0.194. The highest BCUT2D eigenvalue weighted by atomic mass is 32.2. The van der Waals surface area contributed by atoms with Crippen LogP contribution in [-0.4, -0.2) is 28.1 Å². The van der Waals surface area contributed by atoms with E-state index in [4.69, 9.17) is 5.14 Å². The Morgan fingerprint density at radius 2 is 2.26 bits per heavy atom. The average Bonchev–Trinajstić information content (AvgIpc) is 2.37. The van der Waals surface area contributed by atoms with Gasteiger partial charge >= 0.3 is 0 Å². The molecule has 106 valence electrons. The van der Waals surface area contributed by atoms with Gasteiger partial charge in [-0.1, -0.05) is 6.07 Å². The van der Waals surface area contributed by atoms with Crippen LogP contribution in [-0.2, 0) is 10.0 Å². The smallest absolute Gasteiger partial charge is 0.238 e. The molecule has 0 aromatic heterocycles. The summed E-state index contributed by atoms with van der Waals surface area (Å²) in [4.78, 5) is 0.194. The molecule has 1 aromatic rings. The largest absolute Gasteiger partial charge is 0.385 e. The van der Waals surface area contributed by atoms with Crippen LogP contribution in [0, 0.1) is 12.8 Å². The van der Waals surface area contributed by atoms with Crippen molar-refractivity contribution in [3.05, 3.63) is 23.8 Å². The molecule has 1 fully saturated rings. The molecule has 2 rings (SSSR count). The second kappa shape index (κ2) is 5.90. The molecule has 19 heavy (non-hydrogen) atoms. The molecular formula is C13H21N3O2S. The van der Waals surface area contributed by atoms with Crippen LogP contribution in [0.2, 0.25) is 0 Å². The zero-order valence-electron chi connectivity index (χ0n) is 11.1. The van der Waals surface area contributed by atoms with Crippen molar-refractivity contribution in [2.75, 3.05) is 25.0 Å². The number of hydrogen-bond donors (Lipinski definition) is 3. The zero-order chi connectivity index (χ0) is 13.9. The summed E-state index contributed by atoms with van der Waals surface area (Å²) in [5, 5.41) is 11.9.